The number of benzene rings is 2. The predicted octanol–water partition coefficient (Wildman–Crippen LogP) is 3.79. The van der Waals surface area contributed by atoms with E-state index in [0.717, 1.165) is 12.1 Å². The van der Waals surface area contributed by atoms with E-state index in [2.05, 4.69) is 5.32 Å². The van der Waals surface area contributed by atoms with Gasteiger partial charge in [0, 0.05) is 13.1 Å². The van der Waals surface area contributed by atoms with Gasteiger partial charge in [0.2, 0.25) is 0 Å². The largest absolute Gasteiger partial charge is 0.418 e. The lowest BCUT2D eigenvalue weighted by Gasteiger charge is -2.19. The van der Waals surface area contributed by atoms with E-state index in [0.29, 0.717) is 0 Å². The second kappa shape index (κ2) is 7.22. The van der Waals surface area contributed by atoms with Gasteiger partial charge in [-0.15, -0.1) is 0 Å². The number of hydrogen-bond donors (Lipinski definition) is 1. The number of likely N-dealkylation sites (tertiary alicyclic amines) is 1. The Hall–Kier alpha value is -2.55. The maximum atomic E-state index is 13.0. The second-order valence-electron chi connectivity index (χ2n) is 6.19. The lowest BCUT2D eigenvalue weighted by molar-refractivity contribution is -0.136. The predicted molar refractivity (Wildman–Crippen MR) is 94.1 cm³/mol. The number of nitrogens with zero attached hydrogens (tertiary/aromatic N) is 1. The number of carbonyl (C=O) groups excluding carboxylic acids is 1. The van der Waals surface area contributed by atoms with Gasteiger partial charge in [-0.3, -0.25) is 0 Å². The van der Waals surface area contributed by atoms with Crippen molar-refractivity contribution < 1.29 is 26.4 Å². The minimum Gasteiger partial charge on any atom is -0.323 e. The molecule has 144 valence electrons. The van der Waals surface area contributed by atoms with E-state index in [1.807, 2.05) is 0 Å². The van der Waals surface area contributed by atoms with Crippen LogP contribution in [0.4, 0.5) is 23.7 Å². The molecule has 2 aromatic carbocycles. The molecule has 0 saturated carbocycles. The summed E-state index contributed by atoms with van der Waals surface area (Å²) in [6.07, 6.45) is -4.38. The molecule has 0 radical (unpaired) electrons. The highest BCUT2D eigenvalue weighted by atomic mass is 32.2. The van der Waals surface area contributed by atoms with Crippen LogP contribution in [0.1, 0.15) is 12.0 Å². The van der Waals surface area contributed by atoms with Gasteiger partial charge in [0.15, 0.2) is 9.84 Å². The molecule has 1 saturated heterocycles. The number of amides is 2. The maximum Gasteiger partial charge on any atom is 0.418 e. The van der Waals surface area contributed by atoms with Crippen LogP contribution < -0.4 is 5.32 Å². The molecule has 1 aliphatic heterocycles. The summed E-state index contributed by atoms with van der Waals surface area (Å²) < 4.78 is 64.4. The average Bonchev–Trinajstić information content (AvgIpc) is 3.13. The number of hydrogen-bond acceptors (Lipinski definition) is 3. The Balaban J connectivity index is 1.72. The zero-order chi connectivity index (χ0) is 19.7. The van der Waals surface area contributed by atoms with Crippen LogP contribution in [0.2, 0.25) is 0 Å². The van der Waals surface area contributed by atoms with E-state index in [9.17, 15) is 26.4 Å². The average molecular weight is 398 g/mol. The number of nitrogens with one attached hydrogen (secondary N) is 1. The molecule has 1 N–H and O–H groups in total. The van der Waals surface area contributed by atoms with Crippen LogP contribution in [0, 0.1) is 0 Å². The third-order valence-electron chi connectivity index (χ3n) is 4.42. The summed E-state index contributed by atoms with van der Waals surface area (Å²) >= 11 is 0. The van der Waals surface area contributed by atoms with Gasteiger partial charge in [-0.05, 0) is 30.7 Å². The molecule has 2 aromatic rings. The van der Waals surface area contributed by atoms with Crippen molar-refractivity contribution in [3.05, 3.63) is 60.2 Å². The van der Waals surface area contributed by atoms with Crippen LogP contribution in [0.3, 0.4) is 0 Å². The molecule has 0 spiro atoms. The Morgan fingerprint density at radius 3 is 2.33 bits per heavy atom. The second-order valence-corrected chi connectivity index (χ2v) is 8.42. The molecule has 1 fully saturated rings. The molecule has 1 unspecified atom stereocenters. The van der Waals surface area contributed by atoms with Gasteiger partial charge in [0.25, 0.3) is 0 Å². The van der Waals surface area contributed by atoms with Gasteiger partial charge in [-0.2, -0.15) is 13.2 Å². The first kappa shape index (κ1) is 19.2. The summed E-state index contributed by atoms with van der Waals surface area (Å²) in [6, 6.07) is 11.8. The normalized spacial score (nSPS) is 17.7. The summed E-state index contributed by atoms with van der Waals surface area (Å²) in [6.45, 7) is 0.0774. The summed E-state index contributed by atoms with van der Waals surface area (Å²) in [7, 11) is -3.61. The Kier molecular flexibility index (Phi) is 5.14. The molecule has 0 aliphatic carbocycles. The molecule has 1 atom stereocenters. The Labute approximate surface area is 154 Å². The van der Waals surface area contributed by atoms with Gasteiger partial charge in [-0.25, -0.2) is 13.2 Å². The van der Waals surface area contributed by atoms with Gasteiger partial charge in [-0.1, -0.05) is 30.3 Å². The number of sulfone groups is 1. The molecule has 5 nitrogen and oxygen atoms in total. The third-order valence-corrected chi connectivity index (χ3v) is 6.61. The fourth-order valence-corrected chi connectivity index (χ4v) is 4.72. The fourth-order valence-electron chi connectivity index (χ4n) is 3.00. The van der Waals surface area contributed by atoms with E-state index >= 15 is 0 Å². The van der Waals surface area contributed by atoms with Crippen LogP contribution in [0.5, 0.6) is 0 Å². The number of alkyl halides is 3. The zero-order valence-electron chi connectivity index (χ0n) is 14.1. The van der Waals surface area contributed by atoms with Crippen LogP contribution >= 0.6 is 0 Å². The first-order chi connectivity index (χ1) is 12.7. The zero-order valence-corrected chi connectivity index (χ0v) is 14.9. The number of urea groups is 1. The van der Waals surface area contributed by atoms with Crippen LogP contribution in [0.25, 0.3) is 0 Å². The van der Waals surface area contributed by atoms with Gasteiger partial charge < -0.3 is 10.2 Å². The third kappa shape index (κ3) is 4.08. The van der Waals surface area contributed by atoms with Crippen molar-refractivity contribution in [2.24, 2.45) is 0 Å². The number of para-hydroxylation sites is 1. The van der Waals surface area contributed by atoms with Crippen molar-refractivity contribution in [3.8, 4) is 0 Å². The monoisotopic (exact) mass is 398 g/mol. The first-order valence-corrected chi connectivity index (χ1v) is 9.75. The van der Waals surface area contributed by atoms with Crippen molar-refractivity contribution in [3.63, 3.8) is 0 Å². The Bertz CT molecular complexity index is 930. The standard InChI is InChI=1S/C18H17F3N2O3S/c19-18(20,21)15-8-4-5-9-16(15)22-17(24)23-11-10-14(12-23)27(25,26)13-6-2-1-3-7-13/h1-9,14H,10-12H2,(H,22,24). The van der Waals surface area contributed by atoms with Gasteiger partial charge in [0.1, 0.15) is 0 Å². The quantitative estimate of drug-likeness (QED) is 0.856. The Morgan fingerprint density at radius 2 is 1.67 bits per heavy atom. The molecule has 27 heavy (non-hydrogen) atoms. The summed E-state index contributed by atoms with van der Waals surface area (Å²) in [4.78, 5) is 13.7. The van der Waals surface area contributed by atoms with E-state index in [1.165, 1.54) is 29.2 Å². The fraction of sp³-hybridized carbons (Fsp3) is 0.278. The molecule has 3 rings (SSSR count). The van der Waals surface area contributed by atoms with Crippen molar-refractivity contribution in [1.82, 2.24) is 4.90 Å². The molecule has 2 amide bonds. The molecule has 1 heterocycles. The molecule has 0 aromatic heterocycles. The highest BCUT2D eigenvalue weighted by Gasteiger charge is 2.37. The van der Waals surface area contributed by atoms with Gasteiger partial charge in [0.05, 0.1) is 21.4 Å². The summed E-state index contributed by atoms with van der Waals surface area (Å²) in [5.74, 6) is 0. The van der Waals surface area contributed by atoms with Crippen LogP contribution in [0.15, 0.2) is 59.5 Å². The Morgan fingerprint density at radius 1 is 1.04 bits per heavy atom. The molecular formula is C18H17F3N2O3S. The molecule has 0 bridgehead atoms. The maximum absolute atomic E-state index is 13.0. The summed E-state index contributed by atoms with van der Waals surface area (Å²) in [5.41, 5.74) is -1.31. The van der Waals surface area contributed by atoms with E-state index < -0.39 is 32.9 Å². The SMILES string of the molecule is O=C(Nc1ccccc1C(F)(F)F)N1CCC(S(=O)(=O)c2ccccc2)C1. The van der Waals surface area contributed by atoms with E-state index in [-0.39, 0.29) is 30.1 Å². The lowest BCUT2D eigenvalue weighted by Crippen LogP contribution is -2.35. The smallest absolute Gasteiger partial charge is 0.323 e. The summed E-state index contributed by atoms with van der Waals surface area (Å²) in [5, 5.41) is 1.45. The van der Waals surface area contributed by atoms with Crippen LogP contribution in [-0.4, -0.2) is 37.7 Å². The van der Waals surface area contributed by atoms with Crippen molar-refractivity contribution >= 4 is 21.6 Å². The lowest BCUT2D eigenvalue weighted by atomic mass is 10.1. The van der Waals surface area contributed by atoms with Crippen molar-refractivity contribution in [1.29, 1.82) is 0 Å². The van der Waals surface area contributed by atoms with Crippen molar-refractivity contribution in [2.45, 2.75) is 22.7 Å². The van der Waals surface area contributed by atoms with E-state index in [1.54, 1.807) is 18.2 Å². The molecular weight excluding hydrogens is 381 g/mol. The molecule has 1 aliphatic rings. The number of anilines is 1. The van der Waals surface area contributed by atoms with Crippen molar-refractivity contribution in [2.75, 3.05) is 18.4 Å². The topological polar surface area (TPSA) is 66.5 Å². The molecule has 9 heteroatoms. The minimum absolute atomic E-state index is 0.0722. The number of halogens is 3. The highest BCUT2D eigenvalue weighted by Crippen LogP contribution is 2.35. The minimum atomic E-state index is -4.60. The van der Waals surface area contributed by atoms with E-state index in [4.69, 9.17) is 0 Å². The van der Waals surface area contributed by atoms with Gasteiger partial charge >= 0.3 is 12.2 Å². The first-order valence-electron chi connectivity index (χ1n) is 8.20. The highest BCUT2D eigenvalue weighted by molar-refractivity contribution is 7.92. The number of rotatable bonds is 3. The van der Waals surface area contributed by atoms with Crippen LogP contribution in [-0.2, 0) is 16.0 Å². The number of carbonyl (C=O) groups is 1.